The van der Waals surface area contributed by atoms with Gasteiger partial charge in [0.15, 0.2) is 0 Å². The molecule has 2 N–H and O–H groups in total. The SMILES string of the molecule is NCC1(Cc2ccccc2[N+](=O)[O-])CCCS1. The number of rotatable bonds is 4. The van der Waals surface area contributed by atoms with Gasteiger partial charge in [0.1, 0.15) is 0 Å². The van der Waals surface area contributed by atoms with Crippen molar-refractivity contribution in [2.24, 2.45) is 5.73 Å². The van der Waals surface area contributed by atoms with Crippen molar-refractivity contribution in [3.63, 3.8) is 0 Å². The first-order chi connectivity index (χ1) is 8.17. The van der Waals surface area contributed by atoms with Gasteiger partial charge in [-0.1, -0.05) is 18.2 Å². The lowest BCUT2D eigenvalue weighted by Gasteiger charge is -2.26. The van der Waals surface area contributed by atoms with Crippen LogP contribution in [0.1, 0.15) is 18.4 Å². The zero-order chi connectivity index (χ0) is 12.3. The molecule has 0 spiro atoms. The topological polar surface area (TPSA) is 69.2 Å². The van der Waals surface area contributed by atoms with Crippen LogP contribution in [0.4, 0.5) is 5.69 Å². The van der Waals surface area contributed by atoms with Crippen LogP contribution in [-0.2, 0) is 6.42 Å². The molecule has 1 fully saturated rings. The number of thioether (sulfide) groups is 1. The quantitative estimate of drug-likeness (QED) is 0.659. The number of hydrogen-bond acceptors (Lipinski definition) is 4. The summed E-state index contributed by atoms with van der Waals surface area (Å²) in [6, 6.07) is 6.97. The van der Waals surface area contributed by atoms with Gasteiger partial charge in [-0.3, -0.25) is 10.1 Å². The molecule has 0 amide bonds. The highest BCUT2D eigenvalue weighted by Gasteiger charge is 2.35. The second kappa shape index (κ2) is 5.06. The second-order valence-electron chi connectivity index (χ2n) is 4.40. The molecule has 0 aliphatic carbocycles. The Morgan fingerprint density at radius 2 is 2.24 bits per heavy atom. The number of nitrogens with zero attached hydrogens (tertiary/aromatic N) is 1. The third-order valence-corrected chi connectivity index (χ3v) is 4.88. The van der Waals surface area contributed by atoms with E-state index in [4.69, 9.17) is 5.73 Å². The van der Waals surface area contributed by atoms with E-state index in [0.717, 1.165) is 24.2 Å². The van der Waals surface area contributed by atoms with Crippen LogP contribution >= 0.6 is 11.8 Å². The van der Waals surface area contributed by atoms with Crippen molar-refractivity contribution in [3.05, 3.63) is 39.9 Å². The number of benzene rings is 1. The smallest absolute Gasteiger partial charge is 0.272 e. The molecule has 1 heterocycles. The molecule has 2 rings (SSSR count). The summed E-state index contributed by atoms with van der Waals surface area (Å²) in [5, 5.41) is 11.0. The van der Waals surface area contributed by atoms with Crippen LogP contribution in [0, 0.1) is 10.1 Å². The predicted molar refractivity (Wildman–Crippen MR) is 70.3 cm³/mol. The van der Waals surface area contributed by atoms with Crippen molar-refractivity contribution in [1.29, 1.82) is 0 Å². The van der Waals surface area contributed by atoms with Crippen molar-refractivity contribution in [2.75, 3.05) is 12.3 Å². The summed E-state index contributed by atoms with van der Waals surface area (Å²) in [6.07, 6.45) is 2.91. The predicted octanol–water partition coefficient (Wildman–Crippen LogP) is 2.36. The van der Waals surface area contributed by atoms with Crippen molar-refractivity contribution >= 4 is 17.4 Å². The number of nitro groups is 1. The summed E-state index contributed by atoms with van der Waals surface area (Å²) in [5.41, 5.74) is 6.87. The highest BCUT2D eigenvalue weighted by Crippen LogP contribution is 2.41. The van der Waals surface area contributed by atoms with Crippen LogP contribution < -0.4 is 5.73 Å². The molecule has 0 bridgehead atoms. The molecule has 92 valence electrons. The maximum Gasteiger partial charge on any atom is 0.272 e. The molecule has 1 atom stereocenters. The van der Waals surface area contributed by atoms with Gasteiger partial charge >= 0.3 is 0 Å². The molecule has 0 saturated carbocycles. The number of nitro benzene ring substituents is 1. The normalized spacial score (nSPS) is 23.8. The summed E-state index contributed by atoms with van der Waals surface area (Å²) in [4.78, 5) is 10.6. The number of hydrogen-bond donors (Lipinski definition) is 1. The van der Waals surface area contributed by atoms with Crippen LogP contribution in [0.2, 0.25) is 0 Å². The summed E-state index contributed by atoms with van der Waals surface area (Å²) in [5.74, 6) is 1.11. The van der Waals surface area contributed by atoms with Gasteiger partial charge in [0, 0.05) is 22.9 Å². The third-order valence-electron chi connectivity index (χ3n) is 3.26. The molecule has 1 aromatic rings. The first kappa shape index (κ1) is 12.4. The molecular weight excluding hydrogens is 236 g/mol. The van der Waals surface area contributed by atoms with Gasteiger partial charge in [-0.05, 0) is 25.0 Å². The van der Waals surface area contributed by atoms with Crippen LogP contribution in [-0.4, -0.2) is 22.0 Å². The van der Waals surface area contributed by atoms with E-state index in [1.165, 1.54) is 0 Å². The molecule has 17 heavy (non-hydrogen) atoms. The van der Waals surface area contributed by atoms with E-state index < -0.39 is 0 Å². The van der Waals surface area contributed by atoms with Gasteiger partial charge in [0.2, 0.25) is 0 Å². The second-order valence-corrected chi connectivity index (χ2v) is 5.96. The molecule has 0 radical (unpaired) electrons. The first-order valence-corrected chi connectivity index (χ1v) is 6.72. The van der Waals surface area contributed by atoms with E-state index in [0.29, 0.717) is 13.0 Å². The minimum absolute atomic E-state index is 0.00606. The Labute approximate surface area is 105 Å². The van der Waals surface area contributed by atoms with Crippen molar-refractivity contribution < 1.29 is 4.92 Å². The molecular formula is C12H16N2O2S. The maximum atomic E-state index is 11.0. The number of para-hydroxylation sites is 1. The minimum atomic E-state index is -0.306. The largest absolute Gasteiger partial charge is 0.329 e. The Hall–Kier alpha value is -1.07. The fourth-order valence-electron chi connectivity index (χ4n) is 2.31. The summed E-state index contributed by atoms with van der Waals surface area (Å²) >= 11 is 1.86. The summed E-state index contributed by atoms with van der Waals surface area (Å²) in [6.45, 7) is 0.587. The standard InChI is InChI=1S/C12H16N2O2S/c13-9-12(6-3-7-17-12)8-10-4-1-2-5-11(10)14(15)16/h1-2,4-5H,3,6-9,13H2. The molecule has 4 nitrogen and oxygen atoms in total. The van der Waals surface area contributed by atoms with Gasteiger partial charge in [-0.15, -0.1) is 0 Å². The van der Waals surface area contributed by atoms with Gasteiger partial charge in [-0.25, -0.2) is 0 Å². The fourth-order valence-corrected chi connectivity index (χ4v) is 3.70. The maximum absolute atomic E-state index is 11.0. The molecule has 1 aromatic carbocycles. The Balaban J connectivity index is 2.26. The monoisotopic (exact) mass is 252 g/mol. The fraction of sp³-hybridized carbons (Fsp3) is 0.500. The van der Waals surface area contributed by atoms with Crippen molar-refractivity contribution in [2.45, 2.75) is 24.0 Å². The Kier molecular flexibility index (Phi) is 3.69. The minimum Gasteiger partial charge on any atom is -0.329 e. The van der Waals surface area contributed by atoms with Gasteiger partial charge in [0.25, 0.3) is 5.69 Å². The zero-order valence-electron chi connectivity index (χ0n) is 9.59. The van der Waals surface area contributed by atoms with Crippen LogP contribution in [0.5, 0.6) is 0 Å². The summed E-state index contributed by atoms with van der Waals surface area (Å²) < 4.78 is 0.00606. The molecule has 1 saturated heterocycles. The molecule has 5 heteroatoms. The van der Waals surface area contributed by atoms with Gasteiger partial charge < -0.3 is 5.73 Å². The van der Waals surface area contributed by atoms with Crippen molar-refractivity contribution in [1.82, 2.24) is 0 Å². The molecule has 0 aromatic heterocycles. The average molecular weight is 252 g/mol. The molecule has 1 aliphatic heterocycles. The van der Waals surface area contributed by atoms with Gasteiger partial charge in [0.05, 0.1) is 4.92 Å². The van der Waals surface area contributed by atoms with Crippen molar-refractivity contribution in [3.8, 4) is 0 Å². The average Bonchev–Trinajstić information content (AvgIpc) is 2.79. The lowest BCUT2D eigenvalue weighted by molar-refractivity contribution is -0.385. The Morgan fingerprint density at radius 1 is 1.47 bits per heavy atom. The molecule has 1 unspecified atom stereocenters. The van der Waals surface area contributed by atoms with E-state index in [9.17, 15) is 10.1 Å². The lowest BCUT2D eigenvalue weighted by atomic mass is 9.93. The van der Waals surface area contributed by atoms with E-state index in [-0.39, 0.29) is 15.4 Å². The number of nitrogens with two attached hydrogens (primary N) is 1. The Morgan fingerprint density at radius 3 is 2.82 bits per heavy atom. The van der Waals surface area contributed by atoms with Crippen LogP contribution in [0.25, 0.3) is 0 Å². The highest BCUT2D eigenvalue weighted by molar-refractivity contribution is 8.00. The Bertz CT molecular complexity index is 417. The van der Waals surface area contributed by atoms with E-state index in [1.54, 1.807) is 12.1 Å². The van der Waals surface area contributed by atoms with Crippen LogP contribution in [0.3, 0.4) is 0 Å². The van der Waals surface area contributed by atoms with E-state index >= 15 is 0 Å². The van der Waals surface area contributed by atoms with E-state index in [1.807, 2.05) is 23.9 Å². The molecule has 1 aliphatic rings. The zero-order valence-corrected chi connectivity index (χ0v) is 10.4. The highest BCUT2D eigenvalue weighted by atomic mass is 32.2. The lowest BCUT2D eigenvalue weighted by Crippen LogP contribution is -2.34. The third kappa shape index (κ3) is 2.61. The van der Waals surface area contributed by atoms with Gasteiger partial charge in [-0.2, -0.15) is 11.8 Å². The summed E-state index contributed by atoms with van der Waals surface area (Å²) in [7, 11) is 0. The van der Waals surface area contributed by atoms with E-state index in [2.05, 4.69) is 0 Å². The van der Waals surface area contributed by atoms with Crippen LogP contribution in [0.15, 0.2) is 24.3 Å². The first-order valence-electron chi connectivity index (χ1n) is 5.73.